The van der Waals surface area contributed by atoms with Gasteiger partial charge in [0.1, 0.15) is 6.04 Å². The van der Waals surface area contributed by atoms with Gasteiger partial charge in [0.2, 0.25) is 17.7 Å². The van der Waals surface area contributed by atoms with E-state index in [1.165, 1.54) is 4.90 Å². The largest absolute Gasteiger partial charge is 0.324 e. The topological polar surface area (TPSA) is 66.5 Å². The molecule has 2 aromatic carbocycles. The number of benzene rings is 2. The molecular weight excluding hydrogens is 492 g/mol. The van der Waals surface area contributed by atoms with Gasteiger partial charge in [-0.15, -0.1) is 0 Å². The lowest BCUT2D eigenvalue weighted by atomic mass is 9.63. The third kappa shape index (κ3) is 3.29. The molecule has 2 bridgehead atoms. The molecule has 5 nitrogen and oxygen atoms in total. The van der Waals surface area contributed by atoms with E-state index < -0.39 is 6.04 Å². The lowest BCUT2D eigenvalue weighted by Crippen LogP contribution is -2.49. The zero-order valence-corrected chi connectivity index (χ0v) is 20.8. The normalized spacial score (nSPS) is 31.3. The van der Waals surface area contributed by atoms with E-state index in [4.69, 9.17) is 0 Å². The first-order valence-electron chi connectivity index (χ1n) is 12.0. The van der Waals surface area contributed by atoms with Crippen LogP contribution in [0.15, 0.2) is 59.1 Å². The molecule has 1 N–H and O–H groups in total. The van der Waals surface area contributed by atoms with Crippen LogP contribution in [0.2, 0.25) is 0 Å². The number of amides is 3. The SMILES string of the molecule is Cc1cc(NC(=O)[C@H](Cc2ccccc2)N2C(=O)[C@@H]3[C@H]4C=C[C@@H]([C@@H]5C[C@@H]45)[C@H]3C2=O)c(C)cc1Br. The Labute approximate surface area is 207 Å². The van der Waals surface area contributed by atoms with Crippen LogP contribution in [0.25, 0.3) is 0 Å². The summed E-state index contributed by atoms with van der Waals surface area (Å²) in [5.41, 5.74) is 3.54. The highest BCUT2D eigenvalue weighted by atomic mass is 79.9. The van der Waals surface area contributed by atoms with Crippen molar-refractivity contribution in [2.45, 2.75) is 32.7 Å². The molecule has 1 saturated heterocycles. The molecule has 3 amide bonds. The Bertz CT molecular complexity index is 1200. The van der Waals surface area contributed by atoms with Crippen molar-refractivity contribution in [2.75, 3.05) is 5.32 Å². The first-order valence-corrected chi connectivity index (χ1v) is 12.8. The van der Waals surface area contributed by atoms with Crippen molar-refractivity contribution < 1.29 is 14.4 Å². The van der Waals surface area contributed by atoms with Crippen molar-refractivity contribution in [3.05, 3.63) is 75.8 Å². The van der Waals surface area contributed by atoms with Crippen LogP contribution in [0.1, 0.15) is 23.1 Å². The molecule has 5 aliphatic rings. The number of carbonyl (C=O) groups excluding carboxylic acids is 3. The maximum Gasteiger partial charge on any atom is 0.248 e. The van der Waals surface area contributed by atoms with Crippen LogP contribution in [0, 0.1) is 49.4 Å². The Balaban J connectivity index is 1.34. The van der Waals surface area contributed by atoms with Gasteiger partial charge in [0, 0.05) is 16.6 Å². The van der Waals surface area contributed by atoms with E-state index in [9.17, 15) is 14.4 Å². The third-order valence-corrected chi connectivity index (χ3v) is 9.20. The Kier molecular flexibility index (Phi) is 5.07. The highest BCUT2D eigenvalue weighted by Crippen LogP contribution is 2.65. The van der Waals surface area contributed by atoms with Crippen molar-refractivity contribution in [3.8, 4) is 0 Å². The first kappa shape index (κ1) is 21.8. The van der Waals surface area contributed by atoms with E-state index in [0.29, 0.717) is 23.9 Å². The maximum atomic E-state index is 13.7. The van der Waals surface area contributed by atoms with Crippen LogP contribution in [-0.4, -0.2) is 28.7 Å². The van der Waals surface area contributed by atoms with Gasteiger partial charge in [-0.05, 0) is 72.8 Å². The number of aryl methyl sites for hydroxylation is 2. The number of nitrogens with one attached hydrogen (secondary N) is 1. The fraction of sp³-hybridized carbons (Fsp3) is 0.393. The van der Waals surface area contributed by atoms with Gasteiger partial charge < -0.3 is 5.32 Å². The Morgan fingerprint density at radius 1 is 1.00 bits per heavy atom. The molecule has 7 atom stereocenters. The standard InChI is InChI=1S/C28H27BrN2O3/c1-14-11-22(15(2)10-21(14)29)30-26(32)23(12-16-6-4-3-5-7-16)31-27(33)24-17-8-9-18(20-13-19(17)20)25(24)28(31)34/h3-11,17-20,23-25H,12-13H2,1-2H3,(H,30,32)/t17-,18-,19-,20-,23-,24+,25+/m0/s1. The summed E-state index contributed by atoms with van der Waals surface area (Å²) in [5, 5.41) is 3.03. The van der Waals surface area contributed by atoms with Crippen molar-refractivity contribution >= 4 is 39.3 Å². The van der Waals surface area contributed by atoms with Crippen LogP contribution in [-0.2, 0) is 20.8 Å². The fourth-order valence-corrected chi connectivity index (χ4v) is 7.02. The third-order valence-electron chi connectivity index (χ3n) is 8.35. The van der Waals surface area contributed by atoms with Crippen LogP contribution in [0.3, 0.4) is 0 Å². The van der Waals surface area contributed by atoms with E-state index in [1.807, 2.05) is 56.3 Å². The highest BCUT2D eigenvalue weighted by molar-refractivity contribution is 9.10. The van der Waals surface area contributed by atoms with Gasteiger partial charge in [-0.3, -0.25) is 19.3 Å². The summed E-state index contributed by atoms with van der Waals surface area (Å²) in [6, 6.07) is 12.6. The molecule has 0 unspecified atom stereocenters. The summed E-state index contributed by atoms with van der Waals surface area (Å²) in [5.74, 6) is 0.0587. The van der Waals surface area contributed by atoms with Gasteiger partial charge in [-0.25, -0.2) is 0 Å². The summed E-state index contributed by atoms with van der Waals surface area (Å²) in [6.07, 6.45) is 5.74. The van der Waals surface area contributed by atoms with Crippen molar-refractivity contribution in [1.82, 2.24) is 4.90 Å². The van der Waals surface area contributed by atoms with Gasteiger partial charge in [0.05, 0.1) is 11.8 Å². The molecule has 1 aliphatic heterocycles. The minimum atomic E-state index is -0.882. The molecule has 1 heterocycles. The van der Waals surface area contributed by atoms with E-state index in [-0.39, 0.29) is 41.4 Å². The van der Waals surface area contributed by atoms with Crippen LogP contribution in [0.4, 0.5) is 5.69 Å². The average Bonchev–Trinajstić information content (AvgIpc) is 3.60. The molecule has 2 saturated carbocycles. The molecule has 6 heteroatoms. The van der Waals surface area contributed by atoms with Crippen LogP contribution < -0.4 is 5.32 Å². The van der Waals surface area contributed by atoms with E-state index in [1.54, 1.807) is 0 Å². The second-order valence-electron chi connectivity index (χ2n) is 10.3. The summed E-state index contributed by atoms with van der Waals surface area (Å²) in [4.78, 5) is 42.5. The molecule has 0 spiro atoms. The summed E-state index contributed by atoms with van der Waals surface area (Å²) in [6.45, 7) is 3.90. The van der Waals surface area contributed by atoms with Gasteiger partial charge in [-0.2, -0.15) is 0 Å². The Morgan fingerprint density at radius 2 is 1.62 bits per heavy atom. The Hall–Kier alpha value is -2.73. The number of hydrogen-bond donors (Lipinski definition) is 1. The second-order valence-corrected chi connectivity index (χ2v) is 11.2. The molecule has 174 valence electrons. The average molecular weight is 519 g/mol. The number of halogens is 1. The monoisotopic (exact) mass is 518 g/mol. The second kappa shape index (κ2) is 7.91. The van der Waals surface area contributed by atoms with Crippen LogP contribution >= 0.6 is 15.9 Å². The minimum absolute atomic E-state index is 0.137. The number of anilines is 1. The maximum absolute atomic E-state index is 13.7. The first-order chi connectivity index (χ1) is 16.3. The predicted molar refractivity (Wildman–Crippen MR) is 133 cm³/mol. The fourth-order valence-electron chi connectivity index (χ4n) is 6.56. The van der Waals surface area contributed by atoms with E-state index in [0.717, 1.165) is 27.6 Å². The summed E-state index contributed by atoms with van der Waals surface area (Å²) < 4.78 is 0.972. The van der Waals surface area contributed by atoms with Crippen LogP contribution in [0.5, 0.6) is 0 Å². The van der Waals surface area contributed by atoms with E-state index >= 15 is 0 Å². The molecule has 2 aromatic rings. The number of imide groups is 1. The molecule has 4 aliphatic carbocycles. The van der Waals surface area contributed by atoms with Gasteiger partial charge in [0.15, 0.2) is 0 Å². The molecule has 3 fully saturated rings. The van der Waals surface area contributed by atoms with Gasteiger partial charge in [0.25, 0.3) is 0 Å². The Morgan fingerprint density at radius 3 is 2.24 bits per heavy atom. The summed E-state index contributed by atoms with van der Waals surface area (Å²) in [7, 11) is 0. The van der Waals surface area contributed by atoms with Crippen molar-refractivity contribution in [2.24, 2.45) is 35.5 Å². The molecule has 0 aromatic heterocycles. The lowest BCUT2D eigenvalue weighted by Gasteiger charge is -2.37. The predicted octanol–water partition coefficient (Wildman–Crippen LogP) is 4.67. The van der Waals surface area contributed by atoms with Gasteiger partial charge >= 0.3 is 0 Å². The quantitative estimate of drug-likeness (QED) is 0.462. The van der Waals surface area contributed by atoms with E-state index in [2.05, 4.69) is 33.4 Å². The number of likely N-dealkylation sites (tertiary alicyclic amines) is 1. The number of nitrogens with zero attached hydrogens (tertiary/aromatic N) is 1. The lowest BCUT2D eigenvalue weighted by molar-refractivity contribution is -0.146. The molecule has 34 heavy (non-hydrogen) atoms. The summed E-state index contributed by atoms with van der Waals surface area (Å²) >= 11 is 3.53. The zero-order valence-electron chi connectivity index (χ0n) is 19.2. The zero-order chi connectivity index (χ0) is 23.7. The van der Waals surface area contributed by atoms with Gasteiger partial charge in [-0.1, -0.05) is 58.4 Å². The number of hydrogen-bond acceptors (Lipinski definition) is 3. The number of carbonyl (C=O) groups is 3. The van der Waals surface area contributed by atoms with Crippen molar-refractivity contribution in [3.63, 3.8) is 0 Å². The highest BCUT2D eigenvalue weighted by Gasteiger charge is 2.67. The minimum Gasteiger partial charge on any atom is -0.324 e. The molecule has 7 rings (SSSR count). The smallest absolute Gasteiger partial charge is 0.248 e. The number of rotatable bonds is 5. The molecular formula is C28H27BrN2O3. The van der Waals surface area contributed by atoms with Crippen molar-refractivity contribution in [1.29, 1.82) is 0 Å². The molecule has 0 radical (unpaired) electrons. The number of allylic oxidation sites excluding steroid dienone is 2.